The normalized spacial score (nSPS) is 10.0. The minimum Gasteiger partial charge on any atom is -0.494 e. The van der Waals surface area contributed by atoms with E-state index in [0.717, 1.165) is 23.3 Å². The first-order chi connectivity index (χ1) is 11.7. The number of rotatable bonds is 9. The Bertz CT molecular complexity index is 646. The van der Waals surface area contributed by atoms with Gasteiger partial charge < -0.3 is 14.2 Å². The Morgan fingerprint density at radius 1 is 0.917 bits per heavy atom. The van der Waals surface area contributed by atoms with Gasteiger partial charge >= 0.3 is 5.97 Å². The van der Waals surface area contributed by atoms with Gasteiger partial charge in [-0.25, -0.2) is 4.79 Å². The number of carbonyl (C=O) groups is 2. The third kappa shape index (κ3) is 5.12. The summed E-state index contributed by atoms with van der Waals surface area (Å²) < 4.78 is 15.0. The van der Waals surface area contributed by atoms with Gasteiger partial charge in [-0.3, -0.25) is 4.79 Å². The van der Waals surface area contributed by atoms with Gasteiger partial charge in [0.2, 0.25) is 0 Å². The van der Waals surface area contributed by atoms with Crippen LogP contribution in [0.25, 0.3) is 11.1 Å². The summed E-state index contributed by atoms with van der Waals surface area (Å²) in [5.74, 6) is 0.401. The maximum Gasteiger partial charge on any atom is 0.338 e. The van der Waals surface area contributed by atoms with Crippen molar-refractivity contribution in [2.24, 2.45) is 0 Å². The number of hydrogen-bond acceptors (Lipinski definition) is 5. The van der Waals surface area contributed by atoms with E-state index in [0.29, 0.717) is 18.6 Å². The Morgan fingerprint density at radius 2 is 1.54 bits per heavy atom. The molecule has 0 amide bonds. The van der Waals surface area contributed by atoms with Gasteiger partial charge in [0.1, 0.15) is 19.0 Å². The second-order valence-corrected chi connectivity index (χ2v) is 5.05. The van der Waals surface area contributed by atoms with Gasteiger partial charge in [0, 0.05) is 0 Å². The van der Waals surface area contributed by atoms with Crippen molar-refractivity contribution in [3.05, 3.63) is 54.1 Å². The van der Waals surface area contributed by atoms with Crippen molar-refractivity contribution in [3.8, 4) is 16.9 Å². The predicted molar refractivity (Wildman–Crippen MR) is 90.0 cm³/mol. The molecule has 0 aromatic heterocycles. The van der Waals surface area contributed by atoms with Gasteiger partial charge in [-0.2, -0.15) is 0 Å². The van der Waals surface area contributed by atoms with Crippen LogP contribution in [-0.2, 0) is 14.3 Å². The number of hydrogen-bond donors (Lipinski definition) is 0. The molecule has 0 unspecified atom stereocenters. The molecule has 2 aromatic rings. The molecule has 0 radical (unpaired) electrons. The summed E-state index contributed by atoms with van der Waals surface area (Å²) in [6.45, 7) is 3.18. The van der Waals surface area contributed by atoms with Gasteiger partial charge in [-0.1, -0.05) is 31.2 Å². The summed E-state index contributed by atoms with van der Waals surface area (Å²) in [6.07, 6.45) is 0.973. The van der Waals surface area contributed by atoms with Crippen LogP contribution in [-0.4, -0.2) is 32.3 Å². The van der Waals surface area contributed by atoms with E-state index < -0.39 is 5.97 Å². The lowest BCUT2D eigenvalue weighted by molar-refractivity contribution is -0.129. The van der Waals surface area contributed by atoms with Crippen LogP contribution in [0.1, 0.15) is 23.7 Å². The number of esters is 1. The number of carbonyl (C=O) groups excluding carboxylic acids is 2. The van der Waals surface area contributed by atoms with Gasteiger partial charge in [0.25, 0.3) is 6.47 Å². The summed E-state index contributed by atoms with van der Waals surface area (Å²) >= 11 is 0. The van der Waals surface area contributed by atoms with Crippen LogP contribution in [0.15, 0.2) is 48.5 Å². The lowest BCUT2D eigenvalue weighted by Gasteiger charge is -2.07. The summed E-state index contributed by atoms with van der Waals surface area (Å²) in [7, 11) is 0. The average Bonchev–Trinajstić information content (AvgIpc) is 2.64. The van der Waals surface area contributed by atoms with Crippen LogP contribution >= 0.6 is 0 Å². The zero-order chi connectivity index (χ0) is 17.2. The molecule has 126 valence electrons. The highest BCUT2D eigenvalue weighted by Gasteiger charge is 2.07. The van der Waals surface area contributed by atoms with Crippen molar-refractivity contribution in [2.45, 2.75) is 13.3 Å². The van der Waals surface area contributed by atoms with Crippen molar-refractivity contribution < 1.29 is 23.8 Å². The summed E-state index contributed by atoms with van der Waals surface area (Å²) in [5, 5.41) is 0. The third-order valence-electron chi connectivity index (χ3n) is 3.28. The average molecular weight is 328 g/mol. The number of benzene rings is 2. The molecule has 0 spiro atoms. The second kappa shape index (κ2) is 9.35. The van der Waals surface area contributed by atoms with Crippen LogP contribution in [0, 0.1) is 0 Å². The zero-order valence-electron chi connectivity index (χ0n) is 13.6. The molecule has 2 rings (SSSR count). The van der Waals surface area contributed by atoms with Gasteiger partial charge in [-0.15, -0.1) is 0 Å². The standard InChI is InChI=1S/C19H20O5/c1-2-11-23-18-9-7-16(8-10-18)15-3-5-17(6-4-15)19(21)24-13-12-22-14-20/h3-10,14H,2,11-13H2,1H3. The molecule has 0 heterocycles. The smallest absolute Gasteiger partial charge is 0.338 e. The van der Waals surface area contributed by atoms with Crippen molar-refractivity contribution >= 4 is 12.4 Å². The van der Waals surface area contributed by atoms with Crippen LogP contribution in [0.2, 0.25) is 0 Å². The minimum atomic E-state index is -0.445. The van der Waals surface area contributed by atoms with Crippen molar-refractivity contribution in [3.63, 3.8) is 0 Å². The molecule has 5 nitrogen and oxygen atoms in total. The Hall–Kier alpha value is -2.82. The molecule has 0 aliphatic rings. The lowest BCUT2D eigenvalue weighted by atomic mass is 10.0. The van der Waals surface area contributed by atoms with E-state index in [-0.39, 0.29) is 13.2 Å². The molecule has 0 N–H and O–H groups in total. The van der Waals surface area contributed by atoms with E-state index in [1.165, 1.54) is 0 Å². The highest BCUT2D eigenvalue weighted by atomic mass is 16.6. The van der Waals surface area contributed by atoms with Crippen molar-refractivity contribution in [1.29, 1.82) is 0 Å². The molecule has 0 aliphatic carbocycles. The van der Waals surface area contributed by atoms with Crippen molar-refractivity contribution in [1.82, 2.24) is 0 Å². The monoisotopic (exact) mass is 328 g/mol. The highest BCUT2D eigenvalue weighted by Crippen LogP contribution is 2.23. The van der Waals surface area contributed by atoms with E-state index in [4.69, 9.17) is 9.47 Å². The summed E-state index contributed by atoms with van der Waals surface area (Å²) in [4.78, 5) is 21.8. The van der Waals surface area contributed by atoms with Gasteiger partial charge in [0.15, 0.2) is 0 Å². The van der Waals surface area contributed by atoms with Crippen molar-refractivity contribution in [2.75, 3.05) is 19.8 Å². The largest absolute Gasteiger partial charge is 0.494 e. The first-order valence-corrected chi connectivity index (χ1v) is 7.80. The van der Waals surface area contributed by atoms with E-state index >= 15 is 0 Å². The molecule has 0 aliphatic heterocycles. The SMILES string of the molecule is CCCOc1ccc(-c2ccc(C(=O)OCCOC=O)cc2)cc1. The van der Waals surface area contributed by atoms with Crippen LogP contribution in [0.3, 0.4) is 0 Å². The van der Waals surface area contributed by atoms with E-state index in [1.807, 2.05) is 36.4 Å². The Balaban J connectivity index is 1.95. The van der Waals surface area contributed by atoms with E-state index in [1.54, 1.807) is 12.1 Å². The fourth-order valence-corrected chi connectivity index (χ4v) is 2.08. The molecule has 0 atom stereocenters. The maximum absolute atomic E-state index is 11.8. The van der Waals surface area contributed by atoms with Crippen LogP contribution in [0.4, 0.5) is 0 Å². The van der Waals surface area contributed by atoms with Gasteiger partial charge in [0.05, 0.1) is 12.2 Å². The molecule has 0 fully saturated rings. The van der Waals surface area contributed by atoms with Gasteiger partial charge in [-0.05, 0) is 41.8 Å². The Kier molecular flexibility index (Phi) is 6.83. The molecule has 0 saturated carbocycles. The van der Waals surface area contributed by atoms with E-state index in [9.17, 15) is 9.59 Å². The lowest BCUT2D eigenvalue weighted by Crippen LogP contribution is -2.10. The third-order valence-corrected chi connectivity index (χ3v) is 3.28. The Morgan fingerprint density at radius 3 is 2.12 bits per heavy atom. The fraction of sp³-hybridized carbons (Fsp3) is 0.263. The predicted octanol–water partition coefficient (Wildman–Crippen LogP) is 3.47. The Labute approximate surface area is 141 Å². The maximum atomic E-state index is 11.8. The highest BCUT2D eigenvalue weighted by molar-refractivity contribution is 5.90. The van der Waals surface area contributed by atoms with Crippen LogP contribution in [0.5, 0.6) is 5.75 Å². The topological polar surface area (TPSA) is 61.8 Å². The second-order valence-electron chi connectivity index (χ2n) is 5.05. The minimum absolute atomic E-state index is 0.0402. The molecule has 5 heteroatoms. The number of ether oxygens (including phenoxy) is 3. The first kappa shape index (κ1) is 17.5. The molecule has 24 heavy (non-hydrogen) atoms. The summed E-state index contributed by atoms with van der Waals surface area (Å²) in [6, 6.07) is 15.0. The van der Waals surface area contributed by atoms with Crippen LogP contribution < -0.4 is 4.74 Å². The molecule has 0 saturated heterocycles. The van der Waals surface area contributed by atoms with E-state index in [2.05, 4.69) is 11.7 Å². The molecule has 2 aromatic carbocycles. The quantitative estimate of drug-likeness (QED) is 0.401. The fourth-order valence-electron chi connectivity index (χ4n) is 2.08. The zero-order valence-corrected chi connectivity index (χ0v) is 13.6. The molecule has 0 bridgehead atoms. The summed E-state index contributed by atoms with van der Waals surface area (Å²) in [5.41, 5.74) is 2.49. The molecular formula is C19H20O5. The first-order valence-electron chi connectivity index (χ1n) is 7.80. The molecular weight excluding hydrogens is 308 g/mol.